The van der Waals surface area contributed by atoms with Gasteiger partial charge in [-0.2, -0.15) is 0 Å². The lowest BCUT2D eigenvalue weighted by Crippen LogP contribution is -2.19. The summed E-state index contributed by atoms with van der Waals surface area (Å²) in [5, 5.41) is 0. The molecule has 0 aromatic heterocycles. The highest BCUT2D eigenvalue weighted by molar-refractivity contribution is 7.90. The van der Waals surface area contributed by atoms with Crippen molar-refractivity contribution < 1.29 is 17.9 Å². The van der Waals surface area contributed by atoms with Gasteiger partial charge >= 0.3 is 0 Å². The van der Waals surface area contributed by atoms with Crippen LogP contribution in [0.5, 0.6) is 5.75 Å². The maximum Gasteiger partial charge on any atom is 0.175 e. The highest BCUT2D eigenvalue weighted by Gasteiger charge is 2.22. The fraction of sp³-hybridized carbons (Fsp3) is 0.500. The molecular weight excluding hydrogens is 264 g/mol. The predicted octanol–water partition coefficient (Wildman–Crippen LogP) is 2.23. The van der Waals surface area contributed by atoms with Crippen molar-refractivity contribution in [3.05, 3.63) is 24.3 Å². The topological polar surface area (TPSA) is 60.4 Å². The van der Waals surface area contributed by atoms with Crippen molar-refractivity contribution in [1.29, 1.82) is 0 Å². The monoisotopic (exact) mass is 282 g/mol. The van der Waals surface area contributed by atoms with Crippen molar-refractivity contribution in [2.45, 2.75) is 30.6 Å². The summed E-state index contributed by atoms with van der Waals surface area (Å²) in [5.74, 6) is 0.818. The number of hydrogen-bond donors (Lipinski definition) is 0. The average molecular weight is 282 g/mol. The van der Waals surface area contributed by atoms with Gasteiger partial charge in [0, 0.05) is 12.2 Å². The van der Waals surface area contributed by atoms with Crippen LogP contribution in [0.2, 0.25) is 0 Å². The van der Waals surface area contributed by atoms with E-state index in [4.69, 9.17) is 4.74 Å². The molecule has 0 N–H and O–H groups in total. The molecule has 0 aliphatic heterocycles. The molecule has 1 aromatic rings. The van der Waals surface area contributed by atoms with E-state index in [1.54, 1.807) is 12.1 Å². The van der Waals surface area contributed by atoms with E-state index in [0.29, 0.717) is 5.75 Å². The summed E-state index contributed by atoms with van der Waals surface area (Å²) in [7, 11) is -3.19. The van der Waals surface area contributed by atoms with Gasteiger partial charge in [0.1, 0.15) is 12.4 Å². The van der Waals surface area contributed by atoms with Crippen molar-refractivity contribution in [1.82, 2.24) is 0 Å². The van der Waals surface area contributed by atoms with Gasteiger partial charge in [0.2, 0.25) is 0 Å². The van der Waals surface area contributed by atoms with E-state index < -0.39 is 9.84 Å². The Balaban J connectivity index is 1.91. The zero-order valence-corrected chi connectivity index (χ0v) is 11.8. The molecule has 5 heteroatoms. The number of ether oxygens (including phenoxy) is 1. The zero-order valence-electron chi connectivity index (χ0n) is 11.0. The van der Waals surface area contributed by atoms with Gasteiger partial charge in [-0.1, -0.05) is 12.8 Å². The first-order valence-corrected chi connectivity index (χ1v) is 8.31. The van der Waals surface area contributed by atoms with E-state index in [0.717, 1.165) is 31.9 Å². The Kier molecular flexibility index (Phi) is 4.24. The van der Waals surface area contributed by atoms with Gasteiger partial charge < -0.3 is 4.74 Å². The van der Waals surface area contributed by atoms with E-state index in [1.165, 1.54) is 12.1 Å². The normalized spacial score (nSPS) is 16.5. The summed E-state index contributed by atoms with van der Waals surface area (Å²) >= 11 is 0. The minimum Gasteiger partial charge on any atom is -0.486 e. The Morgan fingerprint density at radius 1 is 1.21 bits per heavy atom. The van der Waals surface area contributed by atoms with Gasteiger partial charge in [0.15, 0.2) is 15.6 Å². The summed E-state index contributed by atoms with van der Waals surface area (Å²) < 4.78 is 28.0. The number of ketones is 1. The number of rotatable bonds is 5. The second-order valence-electron chi connectivity index (χ2n) is 4.98. The van der Waals surface area contributed by atoms with Crippen molar-refractivity contribution >= 4 is 15.6 Å². The molecule has 0 spiro atoms. The summed E-state index contributed by atoms with van der Waals surface area (Å²) in [5.41, 5.74) is 0. The molecule has 0 saturated heterocycles. The Morgan fingerprint density at radius 3 is 2.32 bits per heavy atom. The molecule has 0 amide bonds. The van der Waals surface area contributed by atoms with Gasteiger partial charge in [-0.15, -0.1) is 0 Å². The van der Waals surface area contributed by atoms with Crippen LogP contribution in [0.1, 0.15) is 25.7 Å². The van der Waals surface area contributed by atoms with Crippen molar-refractivity contribution in [2.75, 3.05) is 12.9 Å². The number of sulfone groups is 1. The fourth-order valence-corrected chi connectivity index (χ4v) is 2.93. The summed E-state index contributed by atoms with van der Waals surface area (Å²) in [4.78, 5) is 12.1. The molecule has 0 radical (unpaired) electrons. The van der Waals surface area contributed by atoms with Crippen LogP contribution in [0.25, 0.3) is 0 Å². The van der Waals surface area contributed by atoms with Crippen molar-refractivity contribution in [3.8, 4) is 5.75 Å². The smallest absolute Gasteiger partial charge is 0.175 e. The second kappa shape index (κ2) is 5.74. The average Bonchev–Trinajstić information content (AvgIpc) is 2.89. The van der Waals surface area contributed by atoms with Crippen LogP contribution in [0.3, 0.4) is 0 Å². The van der Waals surface area contributed by atoms with Gasteiger partial charge in [-0.05, 0) is 37.1 Å². The van der Waals surface area contributed by atoms with Crippen LogP contribution in [-0.4, -0.2) is 27.1 Å². The van der Waals surface area contributed by atoms with E-state index >= 15 is 0 Å². The van der Waals surface area contributed by atoms with Crippen LogP contribution in [0, 0.1) is 5.92 Å². The molecular formula is C14H18O4S. The lowest BCUT2D eigenvalue weighted by Gasteiger charge is -2.09. The molecule has 1 saturated carbocycles. The molecule has 1 aliphatic rings. The van der Waals surface area contributed by atoms with Crippen LogP contribution in [-0.2, 0) is 14.6 Å². The predicted molar refractivity (Wildman–Crippen MR) is 72.0 cm³/mol. The number of carbonyl (C=O) groups excluding carboxylic acids is 1. The molecule has 0 heterocycles. The third-order valence-electron chi connectivity index (χ3n) is 3.44. The Morgan fingerprint density at radius 2 is 1.79 bits per heavy atom. The summed E-state index contributed by atoms with van der Waals surface area (Å²) in [6.07, 6.45) is 5.34. The summed E-state index contributed by atoms with van der Waals surface area (Å²) in [6, 6.07) is 6.14. The molecule has 0 bridgehead atoms. The first kappa shape index (κ1) is 14.1. The van der Waals surface area contributed by atoms with Crippen molar-refractivity contribution in [3.63, 3.8) is 0 Å². The van der Waals surface area contributed by atoms with E-state index in [-0.39, 0.29) is 23.2 Å². The molecule has 1 aliphatic carbocycles. The minimum atomic E-state index is -3.19. The number of hydrogen-bond acceptors (Lipinski definition) is 4. The first-order valence-electron chi connectivity index (χ1n) is 6.42. The highest BCUT2D eigenvalue weighted by Crippen LogP contribution is 2.25. The lowest BCUT2D eigenvalue weighted by molar-refractivity contribution is -0.124. The third-order valence-corrected chi connectivity index (χ3v) is 4.57. The van der Waals surface area contributed by atoms with Gasteiger partial charge in [0.25, 0.3) is 0 Å². The zero-order chi connectivity index (χ0) is 13.9. The number of Topliss-reactive ketones (excluding diaryl/α,β-unsaturated/α-hetero) is 1. The maximum atomic E-state index is 11.8. The summed E-state index contributed by atoms with van der Waals surface area (Å²) in [6.45, 7) is 0.0723. The van der Waals surface area contributed by atoms with E-state index in [9.17, 15) is 13.2 Å². The van der Waals surface area contributed by atoms with Crippen molar-refractivity contribution in [2.24, 2.45) is 5.92 Å². The van der Waals surface area contributed by atoms with Crippen LogP contribution in [0.15, 0.2) is 29.2 Å². The van der Waals surface area contributed by atoms with E-state index in [2.05, 4.69) is 0 Å². The molecule has 1 aromatic carbocycles. The van der Waals surface area contributed by atoms with Crippen LogP contribution < -0.4 is 4.74 Å². The molecule has 0 unspecified atom stereocenters. The Hall–Kier alpha value is -1.36. The molecule has 2 rings (SSSR count). The largest absolute Gasteiger partial charge is 0.486 e. The quantitative estimate of drug-likeness (QED) is 0.831. The van der Waals surface area contributed by atoms with E-state index in [1.807, 2.05) is 0 Å². The molecule has 1 fully saturated rings. The van der Waals surface area contributed by atoms with Gasteiger partial charge in [-0.3, -0.25) is 4.79 Å². The molecule has 4 nitrogen and oxygen atoms in total. The standard InChI is InChI=1S/C14H18O4S/c1-19(16,17)13-8-6-12(7-9-13)18-10-14(15)11-4-2-3-5-11/h6-9,11H,2-5,10H2,1H3. The Labute approximate surface area is 113 Å². The fourth-order valence-electron chi connectivity index (χ4n) is 2.30. The van der Waals surface area contributed by atoms with Crippen LogP contribution >= 0.6 is 0 Å². The minimum absolute atomic E-state index is 0.0723. The van der Waals surface area contributed by atoms with Gasteiger partial charge in [0.05, 0.1) is 4.90 Å². The third kappa shape index (κ3) is 3.80. The van der Waals surface area contributed by atoms with Gasteiger partial charge in [-0.25, -0.2) is 8.42 Å². The van der Waals surface area contributed by atoms with Crippen LogP contribution in [0.4, 0.5) is 0 Å². The maximum absolute atomic E-state index is 11.8. The Bertz CT molecular complexity index is 539. The molecule has 0 atom stereocenters. The second-order valence-corrected chi connectivity index (χ2v) is 7.00. The molecule has 104 valence electrons. The molecule has 19 heavy (non-hydrogen) atoms. The lowest BCUT2D eigenvalue weighted by atomic mass is 10.0. The number of benzene rings is 1. The number of carbonyl (C=O) groups is 1. The first-order chi connectivity index (χ1) is 8.97. The highest BCUT2D eigenvalue weighted by atomic mass is 32.2. The SMILES string of the molecule is CS(=O)(=O)c1ccc(OCC(=O)C2CCCC2)cc1.